The molecule has 1 aliphatic heterocycles. The maximum Gasteiger partial charge on any atom is 0.0822 e. The number of hydrogen-bond donors (Lipinski definition) is 1. The minimum Gasteiger partial charge on any atom is -0.384 e. The topological polar surface area (TPSA) is 24.9 Å². The van der Waals surface area contributed by atoms with E-state index in [1.807, 2.05) is 6.20 Å². The molecule has 17 heavy (non-hydrogen) atoms. The first-order valence-corrected chi connectivity index (χ1v) is 6.69. The van der Waals surface area contributed by atoms with E-state index in [2.05, 4.69) is 49.3 Å². The van der Waals surface area contributed by atoms with Gasteiger partial charge in [-0.2, -0.15) is 0 Å². The molecule has 0 radical (unpaired) electrons. The lowest BCUT2D eigenvalue weighted by Crippen LogP contribution is -2.18. The normalized spacial score (nSPS) is 16.6. The number of fused-ring (bicyclic) bond motifs is 1. The van der Waals surface area contributed by atoms with Crippen molar-refractivity contribution in [2.45, 2.75) is 26.2 Å². The quantitative estimate of drug-likeness (QED) is 0.825. The van der Waals surface area contributed by atoms with E-state index in [0.717, 1.165) is 12.2 Å². The Morgan fingerprint density at radius 2 is 2.18 bits per heavy atom. The fourth-order valence-electron chi connectivity index (χ4n) is 2.26. The zero-order valence-electron chi connectivity index (χ0n) is 10.4. The Morgan fingerprint density at radius 3 is 2.88 bits per heavy atom. The van der Waals surface area contributed by atoms with Gasteiger partial charge in [0, 0.05) is 34.3 Å². The van der Waals surface area contributed by atoms with Crippen molar-refractivity contribution in [1.82, 2.24) is 4.98 Å². The number of aromatic nitrogens is 1. The molecule has 2 aromatic heterocycles. The van der Waals surface area contributed by atoms with Crippen LogP contribution in [0, 0.1) is 6.92 Å². The predicted molar refractivity (Wildman–Crippen MR) is 73.8 cm³/mol. The van der Waals surface area contributed by atoms with Gasteiger partial charge < -0.3 is 5.32 Å². The molecule has 0 aromatic carbocycles. The summed E-state index contributed by atoms with van der Waals surface area (Å²) in [6.45, 7) is 7.63. The van der Waals surface area contributed by atoms with E-state index in [4.69, 9.17) is 0 Å². The maximum absolute atomic E-state index is 4.60. The van der Waals surface area contributed by atoms with Crippen LogP contribution in [0.5, 0.6) is 0 Å². The monoisotopic (exact) mass is 244 g/mol. The molecule has 2 aromatic rings. The summed E-state index contributed by atoms with van der Waals surface area (Å²) in [6.07, 6.45) is 2.03. The number of nitrogens with zero attached hydrogens (tertiary/aromatic N) is 1. The number of rotatable bonds is 1. The van der Waals surface area contributed by atoms with E-state index in [9.17, 15) is 0 Å². The average Bonchev–Trinajstić information content (AvgIpc) is 2.84. The van der Waals surface area contributed by atoms with Gasteiger partial charge >= 0.3 is 0 Å². The van der Waals surface area contributed by atoms with Crippen LogP contribution in [0.25, 0.3) is 10.6 Å². The number of pyridine rings is 1. The molecule has 0 saturated heterocycles. The van der Waals surface area contributed by atoms with Crippen molar-refractivity contribution in [2.24, 2.45) is 0 Å². The maximum atomic E-state index is 4.60. The molecule has 0 bridgehead atoms. The standard InChI is InChI=1S/C14H16N2S/c1-9-4-5-13(17-9)12-6-11-10(7-15-12)14(2,3)8-16-11/h4-7,16H,8H2,1-3H3. The summed E-state index contributed by atoms with van der Waals surface area (Å²) in [5, 5.41) is 3.47. The first-order chi connectivity index (χ1) is 8.06. The van der Waals surface area contributed by atoms with Crippen molar-refractivity contribution < 1.29 is 0 Å². The summed E-state index contributed by atoms with van der Waals surface area (Å²) in [5.41, 5.74) is 3.85. The largest absolute Gasteiger partial charge is 0.384 e. The van der Waals surface area contributed by atoms with Crippen molar-refractivity contribution in [3.05, 3.63) is 34.8 Å². The highest BCUT2D eigenvalue weighted by Gasteiger charge is 2.30. The first kappa shape index (κ1) is 10.8. The van der Waals surface area contributed by atoms with Crippen LogP contribution in [0.15, 0.2) is 24.4 Å². The molecular formula is C14H16N2S. The summed E-state index contributed by atoms with van der Waals surface area (Å²) in [7, 11) is 0. The minimum absolute atomic E-state index is 0.201. The third kappa shape index (κ3) is 1.75. The summed E-state index contributed by atoms with van der Waals surface area (Å²) in [5.74, 6) is 0. The second kappa shape index (κ2) is 3.57. The zero-order chi connectivity index (χ0) is 12.0. The van der Waals surface area contributed by atoms with Gasteiger partial charge in [-0.3, -0.25) is 4.98 Å². The molecular weight excluding hydrogens is 228 g/mol. The van der Waals surface area contributed by atoms with Crippen LogP contribution in [0.1, 0.15) is 24.3 Å². The highest BCUT2D eigenvalue weighted by molar-refractivity contribution is 7.15. The molecule has 88 valence electrons. The van der Waals surface area contributed by atoms with E-state index < -0.39 is 0 Å². The molecule has 3 heterocycles. The van der Waals surface area contributed by atoms with Crippen molar-refractivity contribution in [2.75, 3.05) is 11.9 Å². The van der Waals surface area contributed by atoms with Gasteiger partial charge in [-0.1, -0.05) is 13.8 Å². The van der Waals surface area contributed by atoms with Crippen molar-refractivity contribution in [3.8, 4) is 10.6 Å². The molecule has 0 unspecified atom stereocenters. The van der Waals surface area contributed by atoms with Crippen LogP contribution in [0.2, 0.25) is 0 Å². The minimum atomic E-state index is 0.201. The number of nitrogens with one attached hydrogen (secondary N) is 1. The van der Waals surface area contributed by atoms with E-state index in [-0.39, 0.29) is 5.41 Å². The van der Waals surface area contributed by atoms with Crippen LogP contribution >= 0.6 is 11.3 Å². The summed E-state index contributed by atoms with van der Waals surface area (Å²) in [6, 6.07) is 6.47. The number of anilines is 1. The molecule has 2 nitrogen and oxygen atoms in total. The van der Waals surface area contributed by atoms with Gasteiger partial charge in [0.25, 0.3) is 0 Å². The first-order valence-electron chi connectivity index (χ1n) is 5.87. The van der Waals surface area contributed by atoms with Crippen LogP contribution in [0.3, 0.4) is 0 Å². The van der Waals surface area contributed by atoms with Crippen LogP contribution in [-0.4, -0.2) is 11.5 Å². The summed E-state index contributed by atoms with van der Waals surface area (Å²) < 4.78 is 0. The van der Waals surface area contributed by atoms with Crippen molar-refractivity contribution in [1.29, 1.82) is 0 Å². The Labute approximate surface area is 106 Å². The summed E-state index contributed by atoms with van der Waals surface area (Å²) in [4.78, 5) is 7.18. The molecule has 3 heteroatoms. The van der Waals surface area contributed by atoms with Crippen molar-refractivity contribution >= 4 is 17.0 Å². The zero-order valence-corrected chi connectivity index (χ0v) is 11.2. The van der Waals surface area contributed by atoms with Gasteiger partial charge in [-0.05, 0) is 25.1 Å². The lowest BCUT2D eigenvalue weighted by Gasteiger charge is -2.16. The van der Waals surface area contributed by atoms with Crippen LogP contribution in [-0.2, 0) is 5.41 Å². The van der Waals surface area contributed by atoms with Gasteiger partial charge in [-0.15, -0.1) is 11.3 Å². The van der Waals surface area contributed by atoms with E-state index in [1.54, 1.807) is 11.3 Å². The lowest BCUT2D eigenvalue weighted by molar-refractivity contribution is 0.584. The second-order valence-corrected chi connectivity index (χ2v) is 6.55. The Balaban J connectivity index is 2.06. The number of aryl methyl sites for hydroxylation is 1. The van der Waals surface area contributed by atoms with E-state index in [0.29, 0.717) is 0 Å². The highest BCUT2D eigenvalue weighted by atomic mass is 32.1. The lowest BCUT2D eigenvalue weighted by atomic mass is 9.88. The van der Waals surface area contributed by atoms with Crippen LogP contribution < -0.4 is 5.32 Å². The molecule has 1 aliphatic rings. The fraction of sp³-hybridized carbons (Fsp3) is 0.357. The molecule has 0 aliphatic carbocycles. The SMILES string of the molecule is Cc1ccc(-c2cc3c(cn2)C(C)(C)CN3)s1. The van der Waals surface area contributed by atoms with E-state index >= 15 is 0 Å². The molecule has 0 fully saturated rings. The van der Waals surface area contributed by atoms with Crippen molar-refractivity contribution in [3.63, 3.8) is 0 Å². The number of thiophene rings is 1. The van der Waals surface area contributed by atoms with Gasteiger partial charge in [0.1, 0.15) is 0 Å². The summed E-state index contributed by atoms with van der Waals surface area (Å²) >= 11 is 1.80. The van der Waals surface area contributed by atoms with Gasteiger partial charge in [0.2, 0.25) is 0 Å². The molecule has 0 saturated carbocycles. The molecule has 0 amide bonds. The van der Waals surface area contributed by atoms with Gasteiger partial charge in [0.15, 0.2) is 0 Å². The molecule has 0 atom stereocenters. The fourth-order valence-corrected chi connectivity index (χ4v) is 3.09. The highest BCUT2D eigenvalue weighted by Crippen LogP contribution is 2.38. The third-order valence-corrected chi connectivity index (χ3v) is 4.37. The second-order valence-electron chi connectivity index (χ2n) is 5.26. The average molecular weight is 244 g/mol. The Morgan fingerprint density at radius 1 is 1.35 bits per heavy atom. The van der Waals surface area contributed by atoms with Gasteiger partial charge in [-0.25, -0.2) is 0 Å². The Kier molecular flexibility index (Phi) is 2.26. The van der Waals surface area contributed by atoms with E-state index in [1.165, 1.54) is 21.0 Å². The smallest absolute Gasteiger partial charge is 0.0822 e. The Hall–Kier alpha value is -1.35. The molecule has 3 rings (SSSR count). The van der Waals surface area contributed by atoms with Crippen LogP contribution in [0.4, 0.5) is 5.69 Å². The number of hydrogen-bond acceptors (Lipinski definition) is 3. The predicted octanol–water partition coefficient (Wildman–Crippen LogP) is 3.82. The van der Waals surface area contributed by atoms with Gasteiger partial charge in [0.05, 0.1) is 10.6 Å². The Bertz CT molecular complexity index is 569. The molecule has 0 spiro atoms. The third-order valence-electron chi connectivity index (χ3n) is 3.35. The molecule has 1 N–H and O–H groups in total.